The van der Waals surface area contributed by atoms with Crippen molar-refractivity contribution in [2.75, 3.05) is 0 Å². The summed E-state index contributed by atoms with van der Waals surface area (Å²) in [5.74, 6) is -0.770. The number of nitrogens with zero attached hydrogens (tertiary/aromatic N) is 1. The van der Waals surface area contributed by atoms with Gasteiger partial charge in [0.15, 0.2) is 0 Å². The molecule has 2 aromatic rings. The van der Waals surface area contributed by atoms with Gasteiger partial charge in [-0.25, -0.2) is 0 Å². The van der Waals surface area contributed by atoms with Crippen molar-refractivity contribution < 1.29 is 9.59 Å². The van der Waals surface area contributed by atoms with Crippen molar-refractivity contribution in [3.05, 3.63) is 76.9 Å². The fourth-order valence-corrected chi connectivity index (χ4v) is 3.73. The summed E-state index contributed by atoms with van der Waals surface area (Å²) in [7, 11) is 0. The van der Waals surface area contributed by atoms with E-state index in [4.69, 9.17) is 5.26 Å². The first-order chi connectivity index (χ1) is 14.9. The molecule has 6 heteroatoms. The Morgan fingerprint density at radius 3 is 2.39 bits per heavy atom. The lowest BCUT2D eigenvalue weighted by Gasteiger charge is -2.32. The normalized spacial score (nSPS) is 16.9. The van der Waals surface area contributed by atoms with Gasteiger partial charge in [-0.2, -0.15) is 5.26 Å². The lowest BCUT2D eigenvalue weighted by molar-refractivity contribution is -0.127. The van der Waals surface area contributed by atoms with Gasteiger partial charge in [-0.05, 0) is 42.5 Å². The molecule has 0 radical (unpaired) electrons. The summed E-state index contributed by atoms with van der Waals surface area (Å²) in [5, 5.41) is 18.2. The number of carbonyl (C=O) groups excluding carboxylic acids is 2. The molecule has 2 unspecified atom stereocenters. The van der Waals surface area contributed by atoms with Crippen molar-refractivity contribution in [1.29, 1.82) is 5.26 Å². The maximum atomic E-state index is 13.3. The van der Waals surface area contributed by atoms with E-state index in [1.165, 1.54) is 0 Å². The average Bonchev–Trinajstić information content (AvgIpc) is 2.76. The standard InChI is InChI=1S/C25H28N4O2/c1-16(2)13-21(24(30)27-15-19-11-9-18(14-26)10-12-19)22-23(20-7-5-4-6-8-20)28-17(3)29-25(22)31/h4-12,16-17,21,28H,13,15H2,1-3H3,(H,27,30)(H,29,31). The summed E-state index contributed by atoms with van der Waals surface area (Å²) in [6.45, 7) is 6.29. The molecule has 0 spiro atoms. The van der Waals surface area contributed by atoms with E-state index < -0.39 is 5.92 Å². The van der Waals surface area contributed by atoms with Crippen LogP contribution in [-0.4, -0.2) is 18.0 Å². The van der Waals surface area contributed by atoms with Crippen LogP contribution in [0.5, 0.6) is 0 Å². The first kappa shape index (κ1) is 22.1. The molecule has 0 fully saturated rings. The van der Waals surface area contributed by atoms with Crippen LogP contribution in [0.25, 0.3) is 5.70 Å². The van der Waals surface area contributed by atoms with Crippen molar-refractivity contribution in [3.63, 3.8) is 0 Å². The summed E-state index contributed by atoms with van der Waals surface area (Å²) in [4.78, 5) is 26.3. The lowest BCUT2D eigenvalue weighted by atomic mass is 9.85. The molecule has 0 saturated heterocycles. The number of benzene rings is 2. The molecule has 0 bridgehead atoms. The highest BCUT2D eigenvalue weighted by atomic mass is 16.2. The fourth-order valence-electron chi connectivity index (χ4n) is 3.73. The molecule has 6 nitrogen and oxygen atoms in total. The predicted octanol–water partition coefficient (Wildman–Crippen LogP) is 3.31. The first-order valence-electron chi connectivity index (χ1n) is 10.5. The molecule has 2 aromatic carbocycles. The van der Waals surface area contributed by atoms with Crippen LogP contribution in [0.3, 0.4) is 0 Å². The summed E-state index contributed by atoms with van der Waals surface area (Å²) in [6, 6.07) is 18.8. The highest BCUT2D eigenvalue weighted by molar-refractivity contribution is 6.07. The Hall–Kier alpha value is -3.59. The Labute approximate surface area is 183 Å². The minimum atomic E-state index is -0.589. The maximum Gasteiger partial charge on any atom is 0.251 e. The van der Waals surface area contributed by atoms with Crippen LogP contribution < -0.4 is 16.0 Å². The third kappa shape index (κ3) is 5.52. The highest BCUT2D eigenvalue weighted by Gasteiger charge is 2.35. The van der Waals surface area contributed by atoms with E-state index in [1.807, 2.05) is 63.2 Å². The van der Waals surface area contributed by atoms with Gasteiger partial charge < -0.3 is 16.0 Å². The zero-order chi connectivity index (χ0) is 22.4. The van der Waals surface area contributed by atoms with Gasteiger partial charge in [-0.1, -0.05) is 56.3 Å². The van der Waals surface area contributed by atoms with E-state index in [0.717, 1.165) is 11.1 Å². The van der Waals surface area contributed by atoms with Crippen LogP contribution in [-0.2, 0) is 16.1 Å². The molecular formula is C25H28N4O2. The van der Waals surface area contributed by atoms with Gasteiger partial charge >= 0.3 is 0 Å². The van der Waals surface area contributed by atoms with E-state index in [0.29, 0.717) is 29.8 Å². The van der Waals surface area contributed by atoms with Crippen LogP contribution in [0.2, 0.25) is 0 Å². The largest absolute Gasteiger partial charge is 0.365 e. The zero-order valence-electron chi connectivity index (χ0n) is 18.1. The Morgan fingerprint density at radius 2 is 1.77 bits per heavy atom. The van der Waals surface area contributed by atoms with Crippen molar-refractivity contribution in [1.82, 2.24) is 16.0 Å². The fraction of sp³-hybridized carbons (Fsp3) is 0.320. The number of hydrogen-bond donors (Lipinski definition) is 3. The van der Waals surface area contributed by atoms with Gasteiger partial charge in [-0.15, -0.1) is 0 Å². The quantitative estimate of drug-likeness (QED) is 0.645. The Balaban J connectivity index is 1.92. The number of nitriles is 1. The van der Waals surface area contributed by atoms with Gasteiger partial charge in [0, 0.05) is 6.54 Å². The number of hydrogen-bond acceptors (Lipinski definition) is 4. The van der Waals surface area contributed by atoms with Crippen molar-refractivity contribution in [3.8, 4) is 6.07 Å². The first-order valence-corrected chi connectivity index (χ1v) is 10.5. The minimum absolute atomic E-state index is 0.187. The van der Waals surface area contributed by atoms with Gasteiger partial charge in [0.1, 0.15) is 0 Å². The maximum absolute atomic E-state index is 13.3. The van der Waals surface area contributed by atoms with Gasteiger partial charge in [0.25, 0.3) is 5.91 Å². The predicted molar refractivity (Wildman–Crippen MR) is 120 cm³/mol. The molecule has 0 saturated carbocycles. The molecular weight excluding hydrogens is 388 g/mol. The molecule has 2 amide bonds. The average molecular weight is 417 g/mol. The van der Waals surface area contributed by atoms with Gasteiger partial charge in [0.05, 0.1) is 35.0 Å². The Morgan fingerprint density at radius 1 is 1.10 bits per heavy atom. The summed E-state index contributed by atoms with van der Waals surface area (Å²) < 4.78 is 0. The second-order valence-electron chi connectivity index (χ2n) is 8.20. The molecule has 0 aliphatic carbocycles. The number of rotatable bonds is 7. The van der Waals surface area contributed by atoms with Crippen LogP contribution in [0.15, 0.2) is 60.2 Å². The summed E-state index contributed by atoms with van der Waals surface area (Å²) in [6.07, 6.45) is 0.321. The highest BCUT2D eigenvalue weighted by Crippen LogP contribution is 2.30. The van der Waals surface area contributed by atoms with E-state index >= 15 is 0 Å². The summed E-state index contributed by atoms with van der Waals surface area (Å²) >= 11 is 0. The minimum Gasteiger partial charge on any atom is -0.365 e. The Bertz CT molecular complexity index is 1000. The second kappa shape index (κ2) is 9.94. The number of nitrogens with one attached hydrogen (secondary N) is 3. The van der Waals surface area contributed by atoms with Crippen LogP contribution in [0.1, 0.15) is 43.9 Å². The van der Waals surface area contributed by atoms with Crippen LogP contribution >= 0.6 is 0 Å². The topological polar surface area (TPSA) is 94.0 Å². The molecule has 2 atom stereocenters. The molecule has 1 heterocycles. The molecule has 31 heavy (non-hydrogen) atoms. The van der Waals surface area contributed by atoms with Gasteiger partial charge in [0.2, 0.25) is 5.91 Å². The number of amides is 2. The monoisotopic (exact) mass is 416 g/mol. The van der Waals surface area contributed by atoms with Crippen molar-refractivity contribution >= 4 is 17.5 Å². The molecule has 3 N–H and O–H groups in total. The molecule has 1 aliphatic heterocycles. The van der Waals surface area contributed by atoms with E-state index in [9.17, 15) is 9.59 Å². The lowest BCUT2D eigenvalue weighted by Crippen LogP contribution is -2.51. The van der Waals surface area contributed by atoms with Crippen LogP contribution in [0.4, 0.5) is 0 Å². The van der Waals surface area contributed by atoms with E-state index in [2.05, 4.69) is 22.0 Å². The SMILES string of the molecule is CC(C)CC(C(=O)NCc1ccc(C#N)cc1)C1=C(c2ccccc2)NC(C)NC1=O. The number of carbonyl (C=O) groups is 2. The van der Waals surface area contributed by atoms with Gasteiger partial charge in [-0.3, -0.25) is 9.59 Å². The van der Waals surface area contributed by atoms with E-state index in [-0.39, 0.29) is 23.9 Å². The molecule has 0 aromatic heterocycles. The van der Waals surface area contributed by atoms with Crippen LogP contribution in [0, 0.1) is 23.2 Å². The molecule has 160 valence electrons. The second-order valence-corrected chi connectivity index (χ2v) is 8.20. The summed E-state index contributed by atoms with van der Waals surface area (Å²) in [5.41, 5.74) is 3.52. The zero-order valence-corrected chi connectivity index (χ0v) is 18.1. The molecule has 1 aliphatic rings. The van der Waals surface area contributed by atoms with Crippen molar-refractivity contribution in [2.45, 2.75) is 39.9 Å². The molecule has 3 rings (SSSR count). The Kier molecular flexibility index (Phi) is 7.09. The van der Waals surface area contributed by atoms with E-state index in [1.54, 1.807) is 12.1 Å². The smallest absolute Gasteiger partial charge is 0.251 e. The third-order valence-corrected chi connectivity index (χ3v) is 5.21. The third-order valence-electron chi connectivity index (χ3n) is 5.21. The van der Waals surface area contributed by atoms with Crippen molar-refractivity contribution in [2.24, 2.45) is 11.8 Å².